The van der Waals surface area contributed by atoms with Crippen molar-refractivity contribution >= 4 is 0 Å². The Bertz CT molecular complexity index is 119. The lowest BCUT2D eigenvalue weighted by Gasteiger charge is -1.78. The Labute approximate surface area is 57.1 Å². The summed E-state index contributed by atoms with van der Waals surface area (Å²) in [5.41, 5.74) is 1.38. The molecule has 1 heterocycles. The topological polar surface area (TPSA) is 15.8 Å². The van der Waals surface area contributed by atoms with E-state index < -0.39 is 0 Å². The minimum absolute atomic E-state index is 1.13. The van der Waals surface area contributed by atoms with Crippen LogP contribution >= 0.6 is 0 Å². The molecule has 0 saturated heterocycles. The van der Waals surface area contributed by atoms with Crippen molar-refractivity contribution in [3.05, 3.63) is 24.0 Å². The Morgan fingerprint density at radius 1 is 1.44 bits per heavy atom. The van der Waals surface area contributed by atoms with E-state index in [9.17, 15) is 0 Å². The molecule has 0 spiro atoms. The minimum atomic E-state index is 1.13. The lowest BCUT2D eigenvalue weighted by Crippen LogP contribution is -1.67. The Kier molecular flexibility index (Phi) is 4.98. The molecule has 0 aliphatic rings. The van der Waals surface area contributed by atoms with Crippen molar-refractivity contribution in [1.29, 1.82) is 0 Å². The monoisotopic (exact) mass is 125 g/mol. The van der Waals surface area contributed by atoms with Crippen LogP contribution in [-0.2, 0) is 6.42 Å². The van der Waals surface area contributed by atoms with Crippen LogP contribution in [0.3, 0.4) is 0 Å². The zero-order chi connectivity index (χ0) is 7.11. The summed E-state index contributed by atoms with van der Waals surface area (Å²) in [5.74, 6) is 0. The van der Waals surface area contributed by atoms with Gasteiger partial charge in [0.1, 0.15) is 0 Å². The zero-order valence-electron chi connectivity index (χ0n) is 6.44. The van der Waals surface area contributed by atoms with Crippen molar-refractivity contribution in [1.82, 2.24) is 4.98 Å². The maximum Gasteiger partial charge on any atom is 0.00372 e. The number of hydrogen-bond donors (Lipinski definition) is 1. The number of aryl methyl sites for hydroxylation is 1. The predicted molar refractivity (Wildman–Crippen MR) is 41.5 cm³/mol. The first kappa shape index (κ1) is 8.28. The molecule has 52 valence electrons. The number of nitrogens with one attached hydrogen (secondary N) is 1. The summed E-state index contributed by atoms with van der Waals surface area (Å²) in [7, 11) is 0. The highest BCUT2D eigenvalue weighted by molar-refractivity contribution is 5.06. The van der Waals surface area contributed by atoms with E-state index in [-0.39, 0.29) is 0 Å². The highest BCUT2D eigenvalue weighted by atomic mass is 14.6. The summed E-state index contributed by atoms with van der Waals surface area (Å²) < 4.78 is 0. The molecule has 0 radical (unpaired) electrons. The SMILES string of the molecule is CC.CCc1cc[nH]c1. The molecular weight excluding hydrogens is 110 g/mol. The van der Waals surface area contributed by atoms with Gasteiger partial charge >= 0.3 is 0 Å². The first-order valence-electron chi connectivity index (χ1n) is 3.55. The van der Waals surface area contributed by atoms with E-state index in [4.69, 9.17) is 0 Å². The molecular formula is C8H15N. The fraction of sp³-hybridized carbons (Fsp3) is 0.500. The average Bonchev–Trinajstić information content (AvgIpc) is 2.43. The van der Waals surface area contributed by atoms with Crippen LogP contribution < -0.4 is 0 Å². The number of rotatable bonds is 1. The van der Waals surface area contributed by atoms with Crippen molar-refractivity contribution in [2.24, 2.45) is 0 Å². The van der Waals surface area contributed by atoms with E-state index in [1.54, 1.807) is 0 Å². The molecule has 1 nitrogen and oxygen atoms in total. The van der Waals surface area contributed by atoms with Crippen molar-refractivity contribution in [2.75, 3.05) is 0 Å². The predicted octanol–water partition coefficient (Wildman–Crippen LogP) is 2.60. The van der Waals surface area contributed by atoms with Gasteiger partial charge in [-0.15, -0.1) is 0 Å². The van der Waals surface area contributed by atoms with Gasteiger partial charge in [-0.1, -0.05) is 20.8 Å². The van der Waals surface area contributed by atoms with Crippen LogP contribution in [-0.4, -0.2) is 4.98 Å². The molecule has 0 aromatic carbocycles. The molecule has 0 saturated carbocycles. The normalized spacial score (nSPS) is 7.89. The van der Waals surface area contributed by atoms with Gasteiger partial charge in [0.15, 0.2) is 0 Å². The molecule has 0 unspecified atom stereocenters. The van der Waals surface area contributed by atoms with Crippen molar-refractivity contribution in [3.8, 4) is 0 Å². The smallest absolute Gasteiger partial charge is 0.00372 e. The van der Waals surface area contributed by atoms with Crippen LogP contribution in [0, 0.1) is 0 Å². The van der Waals surface area contributed by atoms with Gasteiger partial charge in [0.25, 0.3) is 0 Å². The van der Waals surface area contributed by atoms with Gasteiger partial charge in [-0.2, -0.15) is 0 Å². The summed E-state index contributed by atoms with van der Waals surface area (Å²) in [6.45, 7) is 6.14. The highest BCUT2D eigenvalue weighted by Gasteiger charge is 1.81. The molecule has 0 amide bonds. The average molecular weight is 125 g/mol. The van der Waals surface area contributed by atoms with E-state index in [1.165, 1.54) is 5.56 Å². The van der Waals surface area contributed by atoms with E-state index in [2.05, 4.69) is 18.0 Å². The van der Waals surface area contributed by atoms with Crippen molar-refractivity contribution < 1.29 is 0 Å². The number of aromatic amines is 1. The summed E-state index contributed by atoms with van der Waals surface area (Å²) in [6.07, 6.45) is 5.09. The van der Waals surface area contributed by atoms with Crippen LogP contribution in [0.1, 0.15) is 26.3 Å². The van der Waals surface area contributed by atoms with Crippen LogP contribution in [0.25, 0.3) is 0 Å². The third-order valence-corrected chi connectivity index (χ3v) is 1.07. The second-order valence-electron chi connectivity index (χ2n) is 1.57. The van der Waals surface area contributed by atoms with Gasteiger partial charge in [-0.05, 0) is 18.1 Å². The third-order valence-electron chi connectivity index (χ3n) is 1.07. The summed E-state index contributed by atoms with van der Waals surface area (Å²) in [4.78, 5) is 2.98. The standard InChI is InChI=1S/C6H9N.C2H6/c1-2-6-3-4-7-5-6;1-2/h3-5,7H,2H2,1H3;1-2H3. The first-order valence-corrected chi connectivity index (χ1v) is 3.55. The maximum absolute atomic E-state index is 2.98. The summed E-state index contributed by atoms with van der Waals surface area (Å²) in [5, 5.41) is 0. The lowest BCUT2D eigenvalue weighted by atomic mass is 10.3. The molecule has 1 N–H and O–H groups in total. The second kappa shape index (κ2) is 5.42. The fourth-order valence-corrected chi connectivity index (χ4v) is 0.578. The Morgan fingerprint density at radius 2 is 2.11 bits per heavy atom. The maximum atomic E-state index is 2.98. The number of H-pyrrole nitrogens is 1. The first-order chi connectivity index (χ1) is 4.43. The molecule has 1 aromatic heterocycles. The van der Waals surface area contributed by atoms with Gasteiger partial charge < -0.3 is 4.98 Å². The molecule has 0 bridgehead atoms. The van der Waals surface area contributed by atoms with Gasteiger partial charge in [-0.3, -0.25) is 0 Å². The molecule has 0 aliphatic heterocycles. The van der Waals surface area contributed by atoms with Gasteiger partial charge in [0.05, 0.1) is 0 Å². The molecule has 9 heavy (non-hydrogen) atoms. The van der Waals surface area contributed by atoms with E-state index >= 15 is 0 Å². The van der Waals surface area contributed by atoms with E-state index in [1.807, 2.05) is 26.2 Å². The molecule has 1 heteroatoms. The molecule has 0 aliphatic carbocycles. The van der Waals surface area contributed by atoms with E-state index in [0.29, 0.717) is 0 Å². The van der Waals surface area contributed by atoms with Gasteiger partial charge in [-0.25, -0.2) is 0 Å². The third kappa shape index (κ3) is 2.96. The summed E-state index contributed by atoms with van der Waals surface area (Å²) in [6, 6.07) is 2.08. The van der Waals surface area contributed by atoms with Crippen LogP contribution in [0.2, 0.25) is 0 Å². The van der Waals surface area contributed by atoms with E-state index in [0.717, 1.165) is 6.42 Å². The Balaban J connectivity index is 0.000000291. The molecule has 1 aromatic rings. The largest absolute Gasteiger partial charge is 0.367 e. The molecule has 0 fully saturated rings. The van der Waals surface area contributed by atoms with Crippen LogP contribution in [0.4, 0.5) is 0 Å². The number of aromatic nitrogens is 1. The molecule has 1 rings (SSSR count). The fourth-order valence-electron chi connectivity index (χ4n) is 0.578. The Morgan fingerprint density at radius 3 is 2.33 bits per heavy atom. The van der Waals surface area contributed by atoms with Gasteiger partial charge in [0, 0.05) is 12.4 Å². The number of hydrogen-bond acceptors (Lipinski definition) is 0. The molecule has 0 atom stereocenters. The van der Waals surface area contributed by atoms with Crippen LogP contribution in [0.15, 0.2) is 18.5 Å². The van der Waals surface area contributed by atoms with Gasteiger partial charge in [0.2, 0.25) is 0 Å². The zero-order valence-corrected chi connectivity index (χ0v) is 6.44. The van der Waals surface area contributed by atoms with Crippen molar-refractivity contribution in [2.45, 2.75) is 27.2 Å². The lowest BCUT2D eigenvalue weighted by molar-refractivity contribution is 1.14. The Hall–Kier alpha value is -0.720. The quantitative estimate of drug-likeness (QED) is 0.593. The summed E-state index contributed by atoms with van der Waals surface area (Å²) >= 11 is 0. The van der Waals surface area contributed by atoms with Crippen molar-refractivity contribution in [3.63, 3.8) is 0 Å². The minimum Gasteiger partial charge on any atom is -0.367 e. The highest BCUT2D eigenvalue weighted by Crippen LogP contribution is 1.94. The van der Waals surface area contributed by atoms with Crippen LogP contribution in [0.5, 0.6) is 0 Å². The second-order valence-corrected chi connectivity index (χ2v) is 1.57.